The normalized spacial score (nSPS) is 13.2. The third-order valence-corrected chi connectivity index (χ3v) is 4.30. The standard InChI is InChI=1S/C15H24O5S/c1-3-14(2)13-19-10-9-18-11-12-20-21(16,17)15-7-5-4-6-8-15/h4-8,14H,3,9-13H2,1-2H3. The third kappa shape index (κ3) is 7.57. The number of hydrogen-bond donors (Lipinski definition) is 0. The van der Waals surface area contributed by atoms with E-state index in [1.54, 1.807) is 18.2 Å². The van der Waals surface area contributed by atoms with Gasteiger partial charge in [0.2, 0.25) is 0 Å². The van der Waals surface area contributed by atoms with Gasteiger partial charge in [0.15, 0.2) is 0 Å². The van der Waals surface area contributed by atoms with E-state index >= 15 is 0 Å². The summed E-state index contributed by atoms with van der Waals surface area (Å²) < 4.78 is 39.1. The van der Waals surface area contributed by atoms with Crippen molar-refractivity contribution in [2.75, 3.05) is 33.0 Å². The van der Waals surface area contributed by atoms with E-state index in [2.05, 4.69) is 13.8 Å². The topological polar surface area (TPSA) is 61.8 Å². The van der Waals surface area contributed by atoms with Gasteiger partial charge >= 0.3 is 0 Å². The van der Waals surface area contributed by atoms with Gasteiger partial charge in [-0.2, -0.15) is 8.42 Å². The Hall–Kier alpha value is -0.950. The highest BCUT2D eigenvalue weighted by Crippen LogP contribution is 2.10. The summed E-state index contributed by atoms with van der Waals surface area (Å²) in [4.78, 5) is 0.155. The average molecular weight is 316 g/mol. The molecular formula is C15H24O5S. The van der Waals surface area contributed by atoms with Gasteiger partial charge in [-0.1, -0.05) is 38.5 Å². The first-order valence-corrected chi connectivity index (χ1v) is 8.57. The van der Waals surface area contributed by atoms with E-state index in [1.807, 2.05) is 0 Å². The van der Waals surface area contributed by atoms with Crippen molar-refractivity contribution >= 4 is 10.1 Å². The molecule has 0 bridgehead atoms. The molecule has 0 fully saturated rings. The summed E-state index contributed by atoms with van der Waals surface area (Å²) in [5, 5.41) is 0. The maximum absolute atomic E-state index is 11.8. The molecule has 0 aliphatic rings. The van der Waals surface area contributed by atoms with E-state index in [-0.39, 0.29) is 18.1 Å². The molecule has 0 spiro atoms. The van der Waals surface area contributed by atoms with Crippen molar-refractivity contribution in [3.63, 3.8) is 0 Å². The SMILES string of the molecule is CCC(C)COCCOCCOS(=O)(=O)c1ccccc1. The molecular weight excluding hydrogens is 292 g/mol. The molecule has 1 unspecified atom stereocenters. The van der Waals surface area contributed by atoms with Gasteiger partial charge in [-0.05, 0) is 18.1 Å². The fourth-order valence-corrected chi connectivity index (χ4v) is 2.39. The van der Waals surface area contributed by atoms with Gasteiger partial charge in [0, 0.05) is 6.61 Å². The summed E-state index contributed by atoms with van der Waals surface area (Å²) in [6, 6.07) is 8.06. The predicted molar refractivity (Wildman–Crippen MR) is 80.7 cm³/mol. The second-order valence-electron chi connectivity index (χ2n) is 4.79. The van der Waals surface area contributed by atoms with Crippen molar-refractivity contribution in [1.82, 2.24) is 0 Å². The second kappa shape index (κ2) is 9.89. The zero-order valence-corrected chi connectivity index (χ0v) is 13.5. The molecule has 0 saturated heterocycles. The minimum absolute atomic E-state index is 0.00257. The Morgan fingerprint density at radius 3 is 2.29 bits per heavy atom. The van der Waals surface area contributed by atoms with Crippen LogP contribution < -0.4 is 0 Å². The van der Waals surface area contributed by atoms with Crippen LogP contribution in [0.1, 0.15) is 20.3 Å². The summed E-state index contributed by atoms with van der Waals surface area (Å²) in [6.45, 7) is 6.14. The largest absolute Gasteiger partial charge is 0.379 e. The highest BCUT2D eigenvalue weighted by Gasteiger charge is 2.13. The van der Waals surface area contributed by atoms with Crippen molar-refractivity contribution in [2.45, 2.75) is 25.2 Å². The van der Waals surface area contributed by atoms with Crippen LogP contribution in [0.2, 0.25) is 0 Å². The maximum Gasteiger partial charge on any atom is 0.297 e. The van der Waals surface area contributed by atoms with Crippen molar-refractivity contribution in [2.24, 2.45) is 5.92 Å². The Balaban J connectivity index is 2.09. The molecule has 0 N–H and O–H groups in total. The van der Waals surface area contributed by atoms with Crippen molar-refractivity contribution in [3.05, 3.63) is 30.3 Å². The molecule has 120 valence electrons. The molecule has 0 saturated carbocycles. The maximum atomic E-state index is 11.8. The van der Waals surface area contributed by atoms with Crippen LogP contribution in [-0.4, -0.2) is 41.5 Å². The van der Waals surface area contributed by atoms with Crippen LogP contribution in [0.5, 0.6) is 0 Å². The first kappa shape index (κ1) is 18.1. The zero-order valence-electron chi connectivity index (χ0n) is 12.7. The molecule has 0 aromatic heterocycles. The summed E-state index contributed by atoms with van der Waals surface area (Å²) in [6.07, 6.45) is 1.09. The molecule has 6 heteroatoms. The van der Waals surface area contributed by atoms with Gasteiger partial charge in [0.05, 0.1) is 31.3 Å². The lowest BCUT2D eigenvalue weighted by Crippen LogP contribution is -2.14. The molecule has 21 heavy (non-hydrogen) atoms. The fourth-order valence-electron chi connectivity index (χ4n) is 1.48. The molecule has 0 aliphatic carbocycles. The minimum Gasteiger partial charge on any atom is -0.379 e. The van der Waals surface area contributed by atoms with Crippen LogP contribution in [0.4, 0.5) is 0 Å². The first-order valence-electron chi connectivity index (χ1n) is 7.16. The lowest BCUT2D eigenvalue weighted by atomic mass is 10.1. The predicted octanol–water partition coefficient (Wildman–Crippen LogP) is 2.47. The van der Waals surface area contributed by atoms with Crippen molar-refractivity contribution in [3.8, 4) is 0 Å². The molecule has 1 aromatic carbocycles. The van der Waals surface area contributed by atoms with Gasteiger partial charge in [0.1, 0.15) is 0 Å². The molecule has 1 atom stereocenters. The van der Waals surface area contributed by atoms with E-state index in [9.17, 15) is 8.42 Å². The summed E-state index contributed by atoms with van der Waals surface area (Å²) in [5.74, 6) is 0.546. The van der Waals surface area contributed by atoms with E-state index in [1.165, 1.54) is 12.1 Å². The Labute approximate surface area is 127 Å². The second-order valence-corrected chi connectivity index (χ2v) is 6.41. The average Bonchev–Trinajstić information content (AvgIpc) is 2.50. The monoisotopic (exact) mass is 316 g/mol. The van der Waals surface area contributed by atoms with Gasteiger partial charge < -0.3 is 9.47 Å². The van der Waals surface area contributed by atoms with Gasteiger partial charge in [-0.15, -0.1) is 0 Å². The molecule has 0 amide bonds. The summed E-state index contributed by atoms with van der Waals surface area (Å²) in [7, 11) is -3.68. The molecule has 0 heterocycles. The quantitative estimate of drug-likeness (QED) is 0.463. The Morgan fingerprint density at radius 2 is 1.62 bits per heavy atom. The Kier molecular flexibility index (Phi) is 8.52. The third-order valence-electron chi connectivity index (χ3n) is 2.97. The minimum atomic E-state index is -3.68. The fraction of sp³-hybridized carbons (Fsp3) is 0.600. The van der Waals surface area contributed by atoms with E-state index in [0.717, 1.165) is 13.0 Å². The number of ether oxygens (including phenoxy) is 2. The molecule has 0 radical (unpaired) electrons. The van der Waals surface area contributed by atoms with E-state index in [4.69, 9.17) is 13.7 Å². The molecule has 0 aliphatic heterocycles. The number of benzene rings is 1. The van der Waals surface area contributed by atoms with Crippen LogP contribution in [-0.2, 0) is 23.8 Å². The number of rotatable bonds is 11. The van der Waals surface area contributed by atoms with Crippen molar-refractivity contribution in [1.29, 1.82) is 0 Å². The van der Waals surface area contributed by atoms with Crippen LogP contribution in [0.25, 0.3) is 0 Å². The Bertz CT molecular complexity index is 472. The smallest absolute Gasteiger partial charge is 0.297 e. The molecule has 5 nitrogen and oxygen atoms in total. The number of hydrogen-bond acceptors (Lipinski definition) is 5. The lowest BCUT2D eigenvalue weighted by molar-refractivity contribution is 0.0267. The summed E-state index contributed by atoms with van der Waals surface area (Å²) >= 11 is 0. The van der Waals surface area contributed by atoms with E-state index in [0.29, 0.717) is 19.1 Å². The zero-order chi connectivity index (χ0) is 15.6. The van der Waals surface area contributed by atoms with Crippen LogP contribution in [0.15, 0.2) is 35.2 Å². The molecule has 1 aromatic rings. The summed E-state index contributed by atoms with van der Waals surface area (Å²) in [5.41, 5.74) is 0. The first-order chi connectivity index (χ1) is 10.1. The van der Waals surface area contributed by atoms with Crippen LogP contribution in [0.3, 0.4) is 0 Å². The van der Waals surface area contributed by atoms with Gasteiger partial charge in [-0.3, -0.25) is 4.18 Å². The lowest BCUT2D eigenvalue weighted by Gasteiger charge is -2.10. The van der Waals surface area contributed by atoms with Crippen LogP contribution >= 0.6 is 0 Å². The van der Waals surface area contributed by atoms with Gasteiger partial charge in [0.25, 0.3) is 10.1 Å². The van der Waals surface area contributed by atoms with Gasteiger partial charge in [-0.25, -0.2) is 0 Å². The Morgan fingerprint density at radius 1 is 1.00 bits per heavy atom. The highest BCUT2D eigenvalue weighted by molar-refractivity contribution is 7.86. The molecule has 1 rings (SSSR count). The van der Waals surface area contributed by atoms with Crippen LogP contribution in [0, 0.1) is 5.92 Å². The van der Waals surface area contributed by atoms with E-state index < -0.39 is 10.1 Å². The van der Waals surface area contributed by atoms with Crippen molar-refractivity contribution < 1.29 is 22.1 Å². The highest BCUT2D eigenvalue weighted by atomic mass is 32.2.